The average Bonchev–Trinajstić information content (AvgIpc) is 2.46. The van der Waals surface area contributed by atoms with E-state index in [1.165, 1.54) is 12.1 Å². The van der Waals surface area contributed by atoms with Crippen LogP contribution in [0.1, 0.15) is 31.2 Å². The summed E-state index contributed by atoms with van der Waals surface area (Å²) in [5.41, 5.74) is 0.477. The van der Waals surface area contributed by atoms with Crippen molar-refractivity contribution in [2.24, 2.45) is 11.8 Å². The molecule has 6 heteroatoms. The molecule has 1 aliphatic rings. The molecule has 0 heterocycles. The molecule has 1 amide bonds. The number of nitrogens with one attached hydrogen (secondary N) is 1. The summed E-state index contributed by atoms with van der Waals surface area (Å²) in [6.45, 7) is 0.274. The van der Waals surface area contributed by atoms with E-state index in [1.807, 2.05) is 0 Å². The molecule has 0 aliphatic heterocycles. The maximum absolute atomic E-state index is 13.0. The third kappa shape index (κ3) is 4.51. The van der Waals surface area contributed by atoms with Crippen molar-refractivity contribution in [1.29, 1.82) is 0 Å². The van der Waals surface area contributed by atoms with Gasteiger partial charge in [0.1, 0.15) is 11.6 Å². The lowest BCUT2D eigenvalue weighted by molar-refractivity contribution is -0.144. The molecule has 2 atom stereocenters. The number of amides is 1. The quantitative estimate of drug-likeness (QED) is 0.878. The Morgan fingerprint density at radius 3 is 2.41 bits per heavy atom. The molecule has 2 unspecified atom stereocenters. The Morgan fingerprint density at radius 1 is 1.14 bits per heavy atom. The highest BCUT2D eigenvalue weighted by molar-refractivity contribution is 5.80. The van der Waals surface area contributed by atoms with Crippen LogP contribution in [0.2, 0.25) is 0 Å². The van der Waals surface area contributed by atoms with Gasteiger partial charge >= 0.3 is 5.97 Å². The first-order valence-corrected chi connectivity index (χ1v) is 7.41. The van der Waals surface area contributed by atoms with Gasteiger partial charge in [0.05, 0.1) is 5.92 Å². The van der Waals surface area contributed by atoms with Crippen molar-refractivity contribution in [2.45, 2.75) is 32.1 Å². The minimum Gasteiger partial charge on any atom is -0.481 e. The summed E-state index contributed by atoms with van der Waals surface area (Å²) in [4.78, 5) is 23.0. The molecule has 120 valence electrons. The largest absolute Gasteiger partial charge is 0.481 e. The van der Waals surface area contributed by atoms with Crippen molar-refractivity contribution in [3.05, 3.63) is 35.4 Å². The molecular formula is C16H19F2NO3. The molecule has 22 heavy (non-hydrogen) atoms. The van der Waals surface area contributed by atoms with Gasteiger partial charge in [-0.05, 0) is 43.4 Å². The molecule has 0 bridgehead atoms. The number of carbonyl (C=O) groups excluding carboxylic acids is 1. The minimum absolute atomic E-state index is 0.178. The Kier molecular flexibility index (Phi) is 5.46. The predicted molar refractivity (Wildman–Crippen MR) is 76.2 cm³/mol. The van der Waals surface area contributed by atoms with Crippen LogP contribution >= 0.6 is 0 Å². The fraction of sp³-hybridized carbons (Fsp3) is 0.500. The zero-order chi connectivity index (χ0) is 16.1. The van der Waals surface area contributed by atoms with E-state index in [-0.39, 0.29) is 18.4 Å². The fourth-order valence-electron chi connectivity index (χ4n) is 2.88. The van der Waals surface area contributed by atoms with Crippen LogP contribution in [-0.2, 0) is 16.0 Å². The van der Waals surface area contributed by atoms with Crippen molar-refractivity contribution in [1.82, 2.24) is 5.32 Å². The molecule has 0 spiro atoms. The Hall–Kier alpha value is -1.98. The lowest BCUT2D eigenvalue weighted by Gasteiger charge is -2.25. The number of rotatable bonds is 5. The average molecular weight is 311 g/mol. The van der Waals surface area contributed by atoms with Crippen molar-refractivity contribution in [3.63, 3.8) is 0 Å². The maximum Gasteiger partial charge on any atom is 0.306 e. The standard InChI is InChI=1S/C16H19F2NO3/c17-13-6-10(7-14(18)9-13)4-5-19-15(20)11-2-1-3-12(8-11)16(21)22/h6-7,9,11-12H,1-5,8H2,(H,19,20)(H,21,22). The smallest absolute Gasteiger partial charge is 0.306 e. The summed E-state index contributed by atoms with van der Waals surface area (Å²) >= 11 is 0. The normalized spacial score (nSPS) is 21.4. The minimum atomic E-state index is -0.854. The Labute approximate surface area is 127 Å². The van der Waals surface area contributed by atoms with E-state index >= 15 is 0 Å². The summed E-state index contributed by atoms with van der Waals surface area (Å²) in [6, 6.07) is 3.27. The molecular weight excluding hydrogens is 292 g/mol. The second kappa shape index (κ2) is 7.33. The highest BCUT2D eigenvalue weighted by Gasteiger charge is 2.30. The van der Waals surface area contributed by atoms with Crippen LogP contribution < -0.4 is 5.32 Å². The number of benzene rings is 1. The summed E-state index contributed by atoms with van der Waals surface area (Å²) in [7, 11) is 0. The zero-order valence-corrected chi connectivity index (χ0v) is 12.1. The van der Waals surface area contributed by atoms with Crippen molar-refractivity contribution in [3.8, 4) is 0 Å². The van der Waals surface area contributed by atoms with Gasteiger partial charge in [-0.2, -0.15) is 0 Å². The molecule has 2 rings (SSSR count). The lowest BCUT2D eigenvalue weighted by Crippen LogP contribution is -2.36. The number of carboxylic acid groups (broad SMARTS) is 1. The summed E-state index contributed by atoms with van der Waals surface area (Å²) < 4.78 is 26.1. The molecule has 1 aromatic rings. The van der Waals surface area contributed by atoms with Crippen molar-refractivity contribution < 1.29 is 23.5 Å². The first-order valence-electron chi connectivity index (χ1n) is 7.41. The first kappa shape index (κ1) is 16.4. The van der Waals surface area contributed by atoms with Gasteiger partial charge in [-0.3, -0.25) is 9.59 Å². The Bertz CT molecular complexity index is 542. The van der Waals surface area contributed by atoms with Crippen LogP contribution in [0, 0.1) is 23.5 Å². The third-order valence-corrected chi connectivity index (χ3v) is 4.03. The van der Waals surface area contributed by atoms with E-state index in [0.717, 1.165) is 12.5 Å². The van der Waals surface area contributed by atoms with Crippen LogP contribution in [0.5, 0.6) is 0 Å². The van der Waals surface area contributed by atoms with Gasteiger partial charge in [-0.15, -0.1) is 0 Å². The van der Waals surface area contributed by atoms with Crippen LogP contribution in [-0.4, -0.2) is 23.5 Å². The number of carbonyl (C=O) groups is 2. The van der Waals surface area contributed by atoms with Gasteiger partial charge in [0.15, 0.2) is 0 Å². The summed E-state index contributed by atoms with van der Waals surface area (Å²) in [5.74, 6) is -3.06. The summed E-state index contributed by atoms with van der Waals surface area (Å²) in [5, 5.41) is 11.7. The fourth-order valence-corrected chi connectivity index (χ4v) is 2.88. The van der Waals surface area contributed by atoms with E-state index < -0.39 is 23.5 Å². The SMILES string of the molecule is O=C(O)C1CCCC(C(=O)NCCc2cc(F)cc(F)c2)C1. The van der Waals surface area contributed by atoms with Crippen LogP contribution in [0.15, 0.2) is 18.2 Å². The number of hydrogen-bond donors (Lipinski definition) is 2. The Morgan fingerprint density at radius 2 is 1.77 bits per heavy atom. The highest BCUT2D eigenvalue weighted by atomic mass is 19.1. The van der Waals surface area contributed by atoms with Crippen molar-refractivity contribution >= 4 is 11.9 Å². The van der Waals surface area contributed by atoms with Crippen LogP contribution in [0.4, 0.5) is 8.78 Å². The molecule has 1 saturated carbocycles. The third-order valence-electron chi connectivity index (χ3n) is 4.03. The number of aliphatic carboxylic acids is 1. The molecule has 0 aromatic heterocycles. The molecule has 0 saturated heterocycles. The van der Waals surface area contributed by atoms with Crippen LogP contribution in [0.3, 0.4) is 0 Å². The Balaban J connectivity index is 1.81. The second-order valence-corrected chi connectivity index (χ2v) is 5.72. The van der Waals surface area contributed by atoms with Crippen LogP contribution in [0.25, 0.3) is 0 Å². The van der Waals surface area contributed by atoms with E-state index in [2.05, 4.69) is 5.32 Å². The molecule has 4 nitrogen and oxygen atoms in total. The second-order valence-electron chi connectivity index (χ2n) is 5.72. The number of halogens is 2. The molecule has 0 radical (unpaired) electrons. The van der Waals surface area contributed by atoms with E-state index in [0.29, 0.717) is 31.2 Å². The van der Waals surface area contributed by atoms with E-state index in [1.54, 1.807) is 0 Å². The lowest BCUT2D eigenvalue weighted by atomic mass is 9.81. The molecule has 1 aliphatic carbocycles. The van der Waals surface area contributed by atoms with E-state index in [4.69, 9.17) is 5.11 Å². The zero-order valence-electron chi connectivity index (χ0n) is 12.1. The molecule has 1 aromatic carbocycles. The molecule has 1 fully saturated rings. The van der Waals surface area contributed by atoms with Gasteiger partial charge in [0.2, 0.25) is 5.91 Å². The first-order chi connectivity index (χ1) is 10.5. The van der Waals surface area contributed by atoms with Gasteiger partial charge in [0, 0.05) is 18.5 Å². The number of carboxylic acids is 1. The summed E-state index contributed by atoms with van der Waals surface area (Å²) in [6.07, 6.45) is 2.71. The number of hydrogen-bond acceptors (Lipinski definition) is 2. The van der Waals surface area contributed by atoms with Gasteiger partial charge < -0.3 is 10.4 Å². The monoisotopic (exact) mass is 311 g/mol. The van der Waals surface area contributed by atoms with E-state index in [9.17, 15) is 18.4 Å². The maximum atomic E-state index is 13.0. The topological polar surface area (TPSA) is 66.4 Å². The predicted octanol–water partition coefficient (Wildman–Crippen LogP) is 2.51. The highest BCUT2D eigenvalue weighted by Crippen LogP contribution is 2.29. The van der Waals surface area contributed by atoms with Crippen molar-refractivity contribution in [2.75, 3.05) is 6.54 Å². The van der Waals surface area contributed by atoms with Gasteiger partial charge in [-0.1, -0.05) is 6.42 Å². The van der Waals surface area contributed by atoms with Gasteiger partial charge in [-0.25, -0.2) is 8.78 Å². The molecule has 2 N–H and O–H groups in total. The van der Waals surface area contributed by atoms with Gasteiger partial charge in [0.25, 0.3) is 0 Å².